The molecule has 1 aliphatic rings. The summed E-state index contributed by atoms with van der Waals surface area (Å²) in [4.78, 5) is 24.4. The summed E-state index contributed by atoms with van der Waals surface area (Å²) >= 11 is 0. The molecule has 0 radical (unpaired) electrons. The zero-order valence-corrected chi connectivity index (χ0v) is 14.4. The summed E-state index contributed by atoms with van der Waals surface area (Å²) in [5.41, 5.74) is 0.274. The molecule has 1 saturated heterocycles. The fourth-order valence-corrected chi connectivity index (χ4v) is 3.60. The van der Waals surface area contributed by atoms with E-state index >= 15 is 0 Å². The second-order valence-corrected chi connectivity index (χ2v) is 7.77. The van der Waals surface area contributed by atoms with Crippen molar-refractivity contribution in [2.45, 2.75) is 6.42 Å². The van der Waals surface area contributed by atoms with Crippen LogP contribution in [0, 0.1) is 10.1 Å². The molecular weight excluding hydrogens is 336 g/mol. The van der Waals surface area contributed by atoms with Crippen molar-refractivity contribution in [3.05, 3.63) is 39.9 Å². The first-order chi connectivity index (χ1) is 11.2. The first-order valence-electron chi connectivity index (χ1n) is 7.41. The molecule has 0 spiro atoms. The fourth-order valence-electron chi connectivity index (χ4n) is 2.51. The molecule has 1 aliphatic heterocycles. The van der Waals surface area contributed by atoms with Crippen LogP contribution >= 0.6 is 0 Å². The zero-order chi connectivity index (χ0) is 17.9. The van der Waals surface area contributed by atoms with Crippen LogP contribution in [0.5, 0.6) is 0 Å². The number of benzene rings is 1. The lowest BCUT2D eigenvalue weighted by Crippen LogP contribution is -2.53. The molecule has 0 bridgehead atoms. The van der Waals surface area contributed by atoms with Gasteiger partial charge in [-0.1, -0.05) is 18.2 Å². The number of carbonyl (C=O) groups is 1. The highest BCUT2D eigenvalue weighted by Gasteiger charge is 2.30. The molecule has 1 amide bonds. The predicted molar refractivity (Wildman–Crippen MR) is 87.6 cm³/mol. The zero-order valence-electron chi connectivity index (χ0n) is 13.6. The Kier molecular flexibility index (Phi) is 5.52. The van der Waals surface area contributed by atoms with E-state index in [4.69, 9.17) is 0 Å². The summed E-state index contributed by atoms with van der Waals surface area (Å²) in [6.45, 7) is 0.964. The maximum absolute atomic E-state index is 12.4. The van der Waals surface area contributed by atoms with Gasteiger partial charge in [-0.05, 0) is 0 Å². The Morgan fingerprint density at radius 2 is 1.79 bits per heavy atom. The van der Waals surface area contributed by atoms with Gasteiger partial charge < -0.3 is 4.90 Å². The summed E-state index contributed by atoms with van der Waals surface area (Å²) in [6.07, 6.45) is -0.0718. The summed E-state index contributed by atoms with van der Waals surface area (Å²) in [5, 5.41) is 11.0. The first kappa shape index (κ1) is 18.3. The molecule has 10 heteroatoms. The number of carbonyl (C=O) groups excluding carboxylic acids is 1. The number of para-hydroxylation sites is 1. The number of hydrogen-bond donors (Lipinski definition) is 0. The Labute approximate surface area is 140 Å². The van der Waals surface area contributed by atoms with Gasteiger partial charge in [0.2, 0.25) is 5.91 Å². The molecule has 9 nitrogen and oxygen atoms in total. The Balaban J connectivity index is 2.01. The van der Waals surface area contributed by atoms with Crippen LogP contribution in [0.2, 0.25) is 0 Å². The minimum atomic E-state index is -3.49. The van der Waals surface area contributed by atoms with Crippen molar-refractivity contribution < 1.29 is 18.1 Å². The maximum Gasteiger partial charge on any atom is 0.281 e. The largest absolute Gasteiger partial charge is 0.340 e. The lowest BCUT2D eigenvalue weighted by molar-refractivity contribution is -0.385. The number of nitrogens with zero attached hydrogens (tertiary/aromatic N) is 4. The lowest BCUT2D eigenvalue weighted by Gasteiger charge is -2.35. The molecule has 0 aromatic heterocycles. The molecule has 1 aromatic carbocycles. The Bertz CT molecular complexity index is 726. The molecule has 0 aliphatic carbocycles. The van der Waals surface area contributed by atoms with E-state index in [1.807, 2.05) is 0 Å². The van der Waals surface area contributed by atoms with Gasteiger partial charge in [-0.25, -0.2) is 0 Å². The normalized spacial score (nSPS) is 16.4. The highest BCUT2D eigenvalue weighted by atomic mass is 32.2. The Morgan fingerprint density at radius 3 is 2.33 bits per heavy atom. The number of amides is 1. The quantitative estimate of drug-likeness (QED) is 0.549. The molecule has 2 rings (SSSR count). The minimum absolute atomic E-state index is 0.0718. The van der Waals surface area contributed by atoms with Crippen molar-refractivity contribution in [3.8, 4) is 0 Å². The number of nitro benzene ring substituents is 1. The first-order valence-corrected chi connectivity index (χ1v) is 8.81. The average Bonchev–Trinajstić information content (AvgIpc) is 2.55. The van der Waals surface area contributed by atoms with Crippen LogP contribution in [0.15, 0.2) is 24.3 Å². The third-order valence-electron chi connectivity index (χ3n) is 3.91. The standard InChI is InChI=1S/C14H20N4O5S/c1-15(2)24(22,23)17-9-7-16(8-10-17)14(19)11-12-5-3-4-6-13(12)18(20)21/h3-6H,7-11H2,1-2H3. The van der Waals surface area contributed by atoms with E-state index in [1.165, 1.54) is 24.5 Å². The molecule has 0 unspecified atom stereocenters. The van der Waals surface area contributed by atoms with Gasteiger partial charge in [-0.15, -0.1) is 0 Å². The van der Waals surface area contributed by atoms with E-state index in [0.717, 1.165) is 4.31 Å². The topological polar surface area (TPSA) is 104 Å². The highest BCUT2D eigenvalue weighted by Crippen LogP contribution is 2.19. The van der Waals surface area contributed by atoms with Crippen LogP contribution in [0.3, 0.4) is 0 Å². The van der Waals surface area contributed by atoms with Gasteiger partial charge in [-0.2, -0.15) is 17.0 Å². The molecule has 0 atom stereocenters. The van der Waals surface area contributed by atoms with Crippen molar-refractivity contribution in [3.63, 3.8) is 0 Å². The van der Waals surface area contributed by atoms with Gasteiger partial charge in [0.05, 0.1) is 11.3 Å². The van der Waals surface area contributed by atoms with Gasteiger partial charge >= 0.3 is 0 Å². The fraction of sp³-hybridized carbons (Fsp3) is 0.500. The van der Waals surface area contributed by atoms with Crippen LogP contribution in [-0.4, -0.2) is 73.0 Å². The van der Waals surface area contributed by atoms with E-state index in [-0.39, 0.29) is 44.2 Å². The third kappa shape index (κ3) is 3.89. The van der Waals surface area contributed by atoms with E-state index < -0.39 is 15.1 Å². The van der Waals surface area contributed by atoms with E-state index in [9.17, 15) is 23.3 Å². The van der Waals surface area contributed by atoms with E-state index in [1.54, 1.807) is 23.1 Å². The second kappa shape index (κ2) is 7.24. The van der Waals surface area contributed by atoms with Gasteiger partial charge in [0, 0.05) is 51.9 Å². The SMILES string of the molecule is CN(C)S(=O)(=O)N1CCN(C(=O)Cc2ccccc2[N+](=O)[O-])CC1. The number of piperazine rings is 1. The molecule has 132 valence electrons. The van der Waals surface area contributed by atoms with Gasteiger partial charge in [0.15, 0.2) is 0 Å². The van der Waals surface area contributed by atoms with Crippen molar-refractivity contribution >= 4 is 21.8 Å². The van der Waals surface area contributed by atoms with Crippen LogP contribution in [0.25, 0.3) is 0 Å². The molecule has 24 heavy (non-hydrogen) atoms. The third-order valence-corrected chi connectivity index (χ3v) is 5.85. The smallest absolute Gasteiger partial charge is 0.281 e. The van der Waals surface area contributed by atoms with Crippen molar-refractivity contribution in [1.82, 2.24) is 13.5 Å². The van der Waals surface area contributed by atoms with Crippen LogP contribution in [0.1, 0.15) is 5.56 Å². The minimum Gasteiger partial charge on any atom is -0.340 e. The number of hydrogen-bond acceptors (Lipinski definition) is 5. The molecule has 1 aromatic rings. The Hall–Kier alpha value is -2.04. The summed E-state index contributed by atoms with van der Waals surface area (Å²) in [5.74, 6) is -0.244. The predicted octanol–water partition coefficient (Wildman–Crippen LogP) is 0.0879. The van der Waals surface area contributed by atoms with Crippen LogP contribution in [0.4, 0.5) is 5.69 Å². The molecule has 1 fully saturated rings. The van der Waals surface area contributed by atoms with Crippen molar-refractivity contribution in [2.24, 2.45) is 0 Å². The highest BCUT2D eigenvalue weighted by molar-refractivity contribution is 7.86. The molecular formula is C14H20N4O5S. The van der Waals surface area contributed by atoms with E-state index in [0.29, 0.717) is 5.56 Å². The number of rotatable bonds is 5. The summed E-state index contributed by atoms with van der Waals surface area (Å²) < 4.78 is 26.5. The van der Waals surface area contributed by atoms with Crippen molar-refractivity contribution in [2.75, 3.05) is 40.3 Å². The van der Waals surface area contributed by atoms with Crippen LogP contribution < -0.4 is 0 Å². The van der Waals surface area contributed by atoms with Gasteiger partial charge in [0.25, 0.3) is 15.9 Å². The number of nitro groups is 1. The molecule has 0 N–H and O–H groups in total. The van der Waals surface area contributed by atoms with E-state index in [2.05, 4.69) is 0 Å². The second-order valence-electron chi connectivity index (χ2n) is 5.63. The Morgan fingerprint density at radius 1 is 1.21 bits per heavy atom. The monoisotopic (exact) mass is 356 g/mol. The molecule has 0 saturated carbocycles. The van der Waals surface area contributed by atoms with Crippen LogP contribution in [-0.2, 0) is 21.4 Å². The van der Waals surface area contributed by atoms with Gasteiger partial charge in [-0.3, -0.25) is 14.9 Å². The maximum atomic E-state index is 12.4. The summed E-state index contributed by atoms with van der Waals surface area (Å²) in [6, 6.07) is 6.13. The average molecular weight is 356 g/mol. The molecule has 1 heterocycles. The van der Waals surface area contributed by atoms with Gasteiger partial charge in [0.1, 0.15) is 0 Å². The lowest BCUT2D eigenvalue weighted by atomic mass is 10.1. The van der Waals surface area contributed by atoms with Crippen molar-refractivity contribution in [1.29, 1.82) is 0 Å². The summed E-state index contributed by atoms with van der Waals surface area (Å²) in [7, 11) is -0.567.